The number of ether oxygens (including phenoxy) is 1. The van der Waals surface area contributed by atoms with E-state index in [4.69, 9.17) is 10.5 Å². The maximum atomic E-state index is 6.22. The maximum absolute atomic E-state index is 6.22. The van der Waals surface area contributed by atoms with Crippen molar-refractivity contribution < 1.29 is 4.74 Å². The molecule has 1 aromatic heterocycles. The first-order valence-corrected chi connectivity index (χ1v) is 7.52. The molecule has 0 spiro atoms. The largest absolute Gasteiger partial charge is 0.494 e. The molecule has 20 heavy (non-hydrogen) atoms. The average molecular weight is 273 g/mol. The van der Waals surface area contributed by atoms with Gasteiger partial charge in [0, 0.05) is 6.04 Å². The number of fused-ring (bicyclic) bond motifs is 1. The second kappa shape index (κ2) is 5.35. The third-order valence-corrected chi connectivity index (χ3v) is 4.58. The third-order valence-electron chi connectivity index (χ3n) is 4.58. The molecule has 4 heteroatoms. The normalized spacial score (nSPS) is 23.7. The van der Waals surface area contributed by atoms with Crippen LogP contribution in [0.1, 0.15) is 45.1 Å². The molecule has 1 heterocycles. The van der Waals surface area contributed by atoms with Crippen LogP contribution in [0, 0.1) is 5.92 Å². The van der Waals surface area contributed by atoms with E-state index in [1.165, 1.54) is 32.1 Å². The van der Waals surface area contributed by atoms with E-state index in [2.05, 4.69) is 22.5 Å². The van der Waals surface area contributed by atoms with Crippen LogP contribution in [0.2, 0.25) is 0 Å². The van der Waals surface area contributed by atoms with Crippen molar-refractivity contribution in [2.45, 2.75) is 45.1 Å². The quantitative estimate of drug-likeness (QED) is 0.847. The Morgan fingerprint density at radius 2 is 2.05 bits per heavy atom. The monoisotopic (exact) mass is 273 g/mol. The first-order valence-electron chi connectivity index (χ1n) is 7.52. The molecule has 1 fully saturated rings. The van der Waals surface area contributed by atoms with Crippen molar-refractivity contribution in [1.82, 2.24) is 9.55 Å². The van der Waals surface area contributed by atoms with E-state index in [9.17, 15) is 0 Å². The zero-order chi connectivity index (χ0) is 14.1. The molecule has 3 rings (SSSR count). The SMILES string of the molecule is COc1cccc2c1nc(N)n2C1CCCCCC1C. The molecule has 1 aromatic carbocycles. The predicted molar refractivity (Wildman–Crippen MR) is 82.0 cm³/mol. The highest BCUT2D eigenvalue weighted by Gasteiger charge is 2.25. The van der Waals surface area contributed by atoms with Gasteiger partial charge in [-0.05, 0) is 30.9 Å². The van der Waals surface area contributed by atoms with Crippen molar-refractivity contribution in [3.05, 3.63) is 18.2 Å². The van der Waals surface area contributed by atoms with Crippen molar-refractivity contribution in [2.75, 3.05) is 12.8 Å². The fourth-order valence-electron chi connectivity index (χ4n) is 3.48. The van der Waals surface area contributed by atoms with E-state index in [1.54, 1.807) is 7.11 Å². The number of para-hydroxylation sites is 1. The summed E-state index contributed by atoms with van der Waals surface area (Å²) < 4.78 is 7.63. The number of imidazole rings is 1. The lowest BCUT2D eigenvalue weighted by atomic mass is 9.96. The molecule has 2 aromatic rings. The standard InChI is InChI=1S/C16H23N3O/c1-11-7-4-3-5-8-12(11)19-13-9-6-10-14(20-2)15(13)18-16(19)17/h6,9-12H,3-5,7-8H2,1-2H3,(H2,17,18). The van der Waals surface area contributed by atoms with Crippen molar-refractivity contribution in [3.63, 3.8) is 0 Å². The molecule has 0 aliphatic heterocycles. The Bertz CT molecular complexity index is 605. The summed E-state index contributed by atoms with van der Waals surface area (Å²) in [6.45, 7) is 2.33. The van der Waals surface area contributed by atoms with Crippen LogP contribution in [0.3, 0.4) is 0 Å². The lowest BCUT2D eigenvalue weighted by Gasteiger charge is -2.24. The predicted octanol–water partition coefficient (Wildman–Crippen LogP) is 3.77. The number of nitrogen functional groups attached to an aromatic ring is 1. The van der Waals surface area contributed by atoms with Crippen LogP contribution < -0.4 is 10.5 Å². The summed E-state index contributed by atoms with van der Waals surface area (Å²) in [5.41, 5.74) is 8.19. The zero-order valence-electron chi connectivity index (χ0n) is 12.3. The third kappa shape index (κ3) is 2.13. The highest BCUT2D eigenvalue weighted by molar-refractivity contribution is 5.84. The van der Waals surface area contributed by atoms with Crippen LogP contribution in [-0.4, -0.2) is 16.7 Å². The second-order valence-electron chi connectivity index (χ2n) is 5.85. The molecular formula is C16H23N3O. The average Bonchev–Trinajstić information content (AvgIpc) is 2.63. The number of hydrogen-bond donors (Lipinski definition) is 1. The summed E-state index contributed by atoms with van der Waals surface area (Å²) in [5.74, 6) is 2.06. The van der Waals surface area contributed by atoms with E-state index < -0.39 is 0 Å². The van der Waals surface area contributed by atoms with Crippen LogP contribution in [0.15, 0.2) is 18.2 Å². The van der Waals surface area contributed by atoms with Crippen molar-refractivity contribution in [3.8, 4) is 5.75 Å². The molecule has 0 amide bonds. The van der Waals surface area contributed by atoms with Gasteiger partial charge in [-0.25, -0.2) is 4.98 Å². The van der Waals surface area contributed by atoms with Gasteiger partial charge < -0.3 is 15.0 Å². The minimum atomic E-state index is 0.453. The molecule has 2 atom stereocenters. The first-order chi connectivity index (χ1) is 9.72. The molecular weight excluding hydrogens is 250 g/mol. The van der Waals surface area contributed by atoms with Crippen molar-refractivity contribution in [1.29, 1.82) is 0 Å². The Labute approximate surface area is 119 Å². The Morgan fingerprint density at radius 3 is 2.85 bits per heavy atom. The van der Waals surface area contributed by atoms with Crippen LogP contribution in [0.4, 0.5) is 5.95 Å². The minimum Gasteiger partial charge on any atom is -0.494 e. The molecule has 4 nitrogen and oxygen atoms in total. The molecule has 2 N–H and O–H groups in total. The number of methoxy groups -OCH3 is 1. The van der Waals surface area contributed by atoms with Crippen molar-refractivity contribution >= 4 is 17.0 Å². The van der Waals surface area contributed by atoms with Gasteiger partial charge in [-0.15, -0.1) is 0 Å². The van der Waals surface area contributed by atoms with Gasteiger partial charge in [0.25, 0.3) is 0 Å². The van der Waals surface area contributed by atoms with E-state index >= 15 is 0 Å². The zero-order valence-corrected chi connectivity index (χ0v) is 12.3. The summed E-state index contributed by atoms with van der Waals surface area (Å²) in [7, 11) is 1.68. The van der Waals surface area contributed by atoms with Gasteiger partial charge in [0.2, 0.25) is 5.95 Å². The van der Waals surface area contributed by atoms with Crippen LogP contribution in [-0.2, 0) is 0 Å². The van der Waals surface area contributed by atoms with Gasteiger partial charge in [-0.3, -0.25) is 0 Å². The Balaban J connectivity index is 2.12. The summed E-state index contributed by atoms with van der Waals surface area (Å²) in [4.78, 5) is 4.54. The summed E-state index contributed by atoms with van der Waals surface area (Å²) in [5, 5.41) is 0. The lowest BCUT2D eigenvalue weighted by molar-refractivity contribution is 0.344. The fraction of sp³-hybridized carbons (Fsp3) is 0.562. The number of nitrogens with two attached hydrogens (primary N) is 1. The Morgan fingerprint density at radius 1 is 1.25 bits per heavy atom. The lowest BCUT2D eigenvalue weighted by Crippen LogP contribution is -2.18. The maximum Gasteiger partial charge on any atom is 0.201 e. The van der Waals surface area contributed by atoms with Crippen LogP contribution in [0.25, 0.3) is 11.0 Å². The number of anilines is 1. The minimum absolute atomic E-state index is 0.453. The molecule has 0 bridgehead atoms. The van der Waals surface area contributed by atoms with Gasteiger partial charge >= 0.3 is 0 Å². The van der Waals surface area contributed by atoms with E-state index in [-0.39, 0.29) is 0 Å². The number of hydrogen-bond acceptors (Lipinski definition) is 3. The van der Waals surface area contributed by atoms with Crippen molar-refractivity contribution in [2.24, 2.45) is 5.92 Å². The highest BCUT2D eigenvalue weighted by atomic mass is 16.5. The molecule has 1 aliphatic rings. The van der Waals surface area contributed by atoms with Crippen LogP contribution in [0.5, 0.6) is 5.75 Å². The summed E-state index contributed by atoms with van der Waals surface area (Å²) in [6, 6.07) is 6.50. The fourth-order valence-corrected chi connectivity index (χ4v) is 3.48. The molecule has 1 aliphatic carbocycles. The first kappa shape index (κ1) is 13.3. The number of benzene rings is 1. The highest BCUT2D eigenvalue weighted by Crippen LogP contribution is 2.37. The van der Waals surface area contributed by atoms with Crippen LogP contribution >= 0.6 is 0 Å². The summed E-state index contributed by atoms with van der Waals surface area (Å²) in [6.07, 6.45) is 6.39. The Kier molecular flexibility index (Phi) is 3.55. The van der Waals surface area contributed by atoms with Gasteiger partial charge in [0.1, 0.15) is 11.3 Å². The number of rotatable bonds is 2. The van der Waals surface area contributed by atoms with E-state index in [0.29, 0.717) is 17.9 Å². The van der Waals surface area contributed by atoms with Gasteiger partial charge in [-0.1, -0.05) is 32.3 Å². The molecule has 1 saturated carbocycles. The number of aromatic nitrogens is 2. The molecule has 0 radical (unpaired) electrons. The summed E-state index contributed by atoms with van der Waals surface area (Å²) >= 11 is 0. The van der Waals surface area contributed by atoms with Gasteiger partial charge in [0.05, 0.1) is 12.6 Å². The van der Waals surface area contributed by atoms with Gasteiger partial charge in [0.15, 0.2) is 0 Å². The molecule has 108 valence electrons. The van der Waals surface area contributed by atoms with Gasteiger partial charge in [-0.2, -0.15) is 0 Å². The van der Waals surface area contributed by atoms with E-state index in [0.717, 1.165) is 16.8 Å². The Hall–Kier alpha value is -1.71. The molecule has 0 saturated heterocycles. The topological polar surface area (TPSA) is 53.1 Å². The number of nitrogens with zero attached hydrogens (tertiary/aromatic N) is 2. The molecule has 2 unspecified atom stereocenters. The van der Waals surface area contributed by atoms with E-state index in [1.807, 2.05) is 12.1 Å². The second-order valence-corrected chi connectivity index (χ2v) is 5.85. The smallest absolute Gasteiger partial charge is 0.201 e.